The van der Waals surface area contributed by atoms with Crippen molar-refractivity contribution in [3.63, 3.8) is 0 Å². The lowest BCUT2D eigenvalue weighted by Crippen LogP contribution is -2.46. The second-order valence-corrected chi connectivity index (χ2v) is 4.95. The number of nitro groups is 1. The molecule has 1 fully saturated rings. The first kappa shape index (κ1) is 14.2. The number of rotatable bonds is 5. The maximum absolute atomic E-state index is 13.7. The van der Waals surface area contributed by atoms with Crippen LogP contribution < -0.4 is 5.32 Å². The third-order valence-electron chi connectivity index (χ3n) is 3.46. The number of anilines is 1. The highest BCUT2D eigenvalue weighted by Crippen LogP contribution is 2.42. The number of non-ortho nitro benzene ring substituents is 1. The van der Waals surface area contributed by atoms with Gasteiger partial charge in [0.05, 0.1) is 17.1 Å². The second-order valence-electron chi connectivity index (χ2n) is 4.95. The van der Waals surface area contributed by atoms with E-state index in [0.29, 0.717) is 25.0 Å². The fourth-order valence-electron chi connectivity index (χ4n) is 2.04. The Hall–Kier alpha value is -2.25. The van der Waals surface area contributed by atoms with Crippen molar-refractivity contribution in [3.05, 3.63) is 33.9 Å². The molecule has 0 saturated heterocycles. The molecule has 20 heavy (non-hydrogen) atoms. The van der Waals surface area contributed by atoms with E-state index < -0.39 is 39.4 Å². The van der Waals surface area contributed by atoms with Crippen LogP contribution in [0.25, 0.3) is 0 Å². The summed E-state index contributed by atoms with van der Waals surface area (Å²) in [4.78, 5) is 20.9. The van der Waals surface area contributed by atoms with E-state index in [1.807, 2.05) is 0 Å². The molecule has 0 aliphatic heterocycles. The predicted molar refractivity (Wildman–Crippen MR) is 65.4 cm³/mol. The van der Waals surface area contributed by atoms with Gasteiger partial charge in [-0.05, 0) is 25.7 Å². The monoisotopic (exact) mass is 286 g/mol. The smallest absolute Gasteiger partial charge is 0.329 e. The van der Waals surface area contributed by atoms with E-state index in [-0.39, 0.29) is 5.92 Å². The summed E-state index contributed by atoms with van der Waals surface area (Å²) in [5.74, 6) is -3.83. The number of hydrogen-bond donors (Lipinski definition) is 2. The lowest BCUT2D eigenvalue weighted by Gasteiger charge is -2.27. The van der Waals surface area contributed by atoms with E-state index in [1.54, 1.807) is 0 Å². The van der Waals surface area contributed by atoms with Gasteiger partial charge in [0.2, 0.25) is 0 Å². The molecular formula is C12H12F2N2O4. The fourth-order valence-corrected chi connectivity index (χ4v) is 2.04. The summed E-state index contributed by atoms with van der Waals surface area (Å²) in [5, 5.41) is 22.0. The molecule has 6 nitrogen and oxygen atoms in total. The molecule has 0 amide bonds. The Morgan fingerprint density at radius 2 is 1.95 bits per heavy atom. The number of carboxylic acid groups (broad SMARTS) is 1. The molecule has 1 saturated carbocycles. The molecule has 8 heteroatoms. The average molecular weight is 286 g/mol. The minimum absolute atomic E-state index is 0.228. The Bertz CT molecular complexity index is 566. The summed E-state index contributed by atoms with van der Waals surface area (Å²) in [6.07, 6.45) is 1.29. The zero-order valence-electron chi connectivity index (χ0n) is 10.5. The number of carboxylic acids is 1. The van der Waals surface area contributed by atoms with Crippen molar-refractivity contribution in [2.24, 2.45) is 5.92 Å². The molecule has 108 valence electrons. The molecule has 0 aromatic heterocycles. The van der Waals surface area contributed by atoms with E-state index in [4.69, 9.17) is 0 Å². The quantitative estimate of drug-likeness (QED) is 0.641. The number of nitrogens with zero attached hydrogens (tertiary/aromatic N) is 1. The SMILES string of the molecule is CC(Nc1c(F)cc([N+](=O)[O-])cc1F)(C(=O)O)C1CC1. The molecule has 2 rings (SSSR count). The third kappa shape index (κ3) is 2.40. The van der Waals surface area contributed by atoms with Crippen molar-refractivity contribution in [2.75, 3.05) is 5.32 Å². The van der Waals surface area contributed by atoms with Gasteiger partial charge in [0.1, 0.15) is 11.2 Å². The van der Waals surface area contributed by atoms with Gasteiger partial charge in [0.15, 0.2) is 11.6 Å². The van der Waals surface area contributed by atoms with E-state index in [0.717, 1.165) is 0 Å². The van der Waals surface area contributed by atoms with Crippen LogP contribution in [0, 0.1) is 27.7 Å². The molecule has 2 N–H and O–H groups in total. The highest BCUT2D eigenvalue weighted by atomic mass is 19.1. The van der Waals surface area contributed by atoms with Crippen LogP contribution in [0.5, 0.6) is 0 Å². The Morgan fingerprint density at radius 3 is 2.30 bits per heavy atom. The Kier molecular flexibility index (Phi) is 3.33. The maximum Gasteiger partial charge on any atom is 0.329 e. The number of carbonyl (C=O) groups is 1. The van der Waals surface area contributed by atoms with Crippen molar-refractivity contribution in [1.82, 2.24) is 0 Å². The van der Waals surface area contributed by atoms with Gasteiger partial charge in [0.25, 0.3) is 5.69 Å². The minimum atomic E-state index is -1.50. The third-order valence-corrected chi connectivity index (χ3v) is 3.46. The number of hydrogen-bond acceptors (Lipinski definition) is 4. The molecule has 1 aromatic carbocycles. The summed E-state index contributed by atoms with van der Waals surface area (Å²) in [5.41, 5.74) is -2.89. The second kappa shape index (κ2) is 4.69. The van der Waals surface area contributed by atoms with Gasteiger partial charge < -0.3 is 10.4 Å². The summed E-state index contributed by atoms with van der Waals surface area (Å²) < 4.78 is 27.5. The summed E-state index contributed by atoms with van der Waals surface area (Å²) >= 11 is 0. The summed E-state index contributed by atoms with van der Waals surface area (Å²) in [7, 11) is 0. The van der Waals surface area contributed by atoms with Gasteiger partial charge in [-0.3, -0.25) is 10.1 Å². The lowest BCUT2D eigenvalue weighted by atomic mass is 9.95. The van der Waals surface area contributed by atoms with Crippen molar-refractivity contribution in [3.8, 4) is 0 Å². The molecule has 1 aliphatic rings. The zero-order chi connectivity index (χ0) is 15.1. The Balaban J connectivity index is 2.38. The molecule has 1 atom stereocenters. The number of nitro benzene ring substituents is 1. The van der Waals surface area contributed by atoms with E-state index in [9.17, 15) is 28.8 Å². The zero-order valence-corrected chi connectivity index (χ0v) is 10.5. The molecule has 0 spiro atoms. The number of aliphatic carboxylic acids is 1. The van der Waals surface area contributed by atoms with Crippen LogP contribution in [-0.2, 0) is 4.79 Å². The summed E-state index contributed by atoms with van der Waals surface area (Å²) in [6, 6.07) is 1.11. The van der Waals surface area contributed by atoms with Crippen molar-refractivity contribution in [1.29, 1.82) is 0 Å². The number of halogens is 2. The van der Waals surface area contributed by atoms with Crippen LogP contribution in [0.1, 0.15) is 19.8 Å². The van der Waals surface area contributed by atoms with Gasteiger partial charge in [-0.25, -0.2) is 13.6 Å². The molecule has 1 unspecified atom stereocenters. The molecule has 0 radical (unpaired) electrons. The molecule has 0 heterocycles. The van der Waals surface area contributed by atoms with Crippen molar-refractivity contribution in [2.45, 2.75) is 25.3 Å². The highest BCUT2D eigenvalue weighted by Gasteiger charge is 2.48. The van der Waals surface area contributed by atoms with E-state index in [2.05, 4.69) is 5.32 Å². The van der Waals surface area contributed by atoms with Crippen molar-refractivity contribution >= 4 is 17.3 Å². The van der Waals surface area contributed by atoms with Crippen LogP contribution >= 0.6 is 0 Å². The Morgan fingerprint density at radius 1 is 1.45 bits per heavy atom. The first-order valence-electron chi connectivity index (χ1n) is 5.90. The van der Waals surface area contributed by atoms with Gasteiger partial charge >= 0.3 is 5.97 Å². The van der Waals surface area contributed by atoms with Gasteiger partial charge in [0, 0.05) is 0 Å². The number of benzene rings is 1. The molecule has 1 aliphatic carbocycles. The highest BCUT2D eigenvalue weighted by molar-refractivity contribution is 5.83. The topological polar surface area (TPSA) is 92.5 Å². The van der Waals surface area contributed by atoms with Gasteiger partial charge in [-0.1, -0.05) is 0 Å². The van der Waals surface area contributed by atoms with E-state index >= 15 is 0 Å². The van der Waals surface area contributed by atoms with Crippen LogP contribution in [0.15, 0.2) is 12.1 Å². The van der Waals surface area contributed by atoms with Crippen LogP contribution in [-0.4, -0.2) is 21.5 Å². The minimum Gasteiger partial charge on any atom is -0.480 e. The number of nitrogens with one attached hydrogen (secondary N) is 1. The van der Waals surface area contributed by atoms with E-state index in [1.165, 1.54) is 6.92 Å². The largest absolute Gasteiger partial charge is 0.480 e. The van der Waals surface area contributed by atoms with Gasteiger partial charge in [-0.15, -0.1) is 0 Å². The average Bonchev–Trinajstić information content (AvgIpc) is 3.17. The molecular weight excluding hydrogens is 274 g/mol. The Labute approximate surface area is 112 Å². The normalized spacial score (nSPS) is 17.4. The van der Waals surface area contributed by atoms with Crippen LogP contribution in [0.4, 0.5) is 20.2 Å². The van der Waals surface area contributed by atoms with Crippen molar-refractivity contribution < 1.29 is 23.6 Å². The standard InChI is InChI=1S/C12H12F2N2O4/c1-12(11(17)18,6-2-3-6)15-10-8(13)4-7(16(19)20)5-9(10)14/h4-6,15H,2-3H2,1H3,(H,17,18). The first-order chi connectivity index (χ1) is 9.25. The molecule has 0 bridgehead atoms. The van der Waals surface area contributed by atoms with Gasteiger partial charge in [-0.2, -0.15) is 0 Å². The predicted octanol–water partition coefficient (Wildman–Crippen LogP) is 2.54. The van der Waals surface area contributed by atoms with Crippen LogP contribution in [0.2, 0.25) is 0 Å². The summed E-state index contributed by atoms with van der Waals surface area (Å²) in [6.45, 7) is 1.34. The first-order valence-corrected chi connectivity index (χ1v) is 5.90. The molecule has 1 aromatic rings. The van der Waals surface area contributed by atoms with Crippen LogP contribution in [0.3, 0.4) is 0 Å². The fraction of sp³-hybridized carbons (Fsp3) is 0.417. The maximum atomic E-state index is 13.7. The lowest BCUT2D eigenvalue weighted by molar-refractivity contribution is -0.385.